The first-order valence-electron chi connectivity index (χ1n) is 11.4. The van der Waals surface area contributed by atoms with Crippen LogP contribution in [0.5, 0.6) is 17.2 Å². The van der Waals surface area contributed by atoms with Crippen molar-refractivity contribution < 1.29 is 24.4 Å². The maximum Gasteiger partial charge on any atom is 0.158 e. The maximum atomic E-state index is 9.58. The van der Waals surface area contributed by atoms with Crippen molar-refractivity contribution in [3.8, 4) is 17.2 Å². The first-order chi connectivity index (χ1) is 14.9. The Kier molecular flexibility index (Phi) is 8.61. The second-order valence-corrected chi connectivity index (χ2v) is 9.03. The number of phenolic OH excluding ortho intramolecular Hbond substituents is 2. The molecule has 1 aliphatic rings. The van der Waals surface area contributed by atoms with Gasteiger partial charge in [-0.1, -0.05) is 25.0 Å². The number of phenols is 2. The minimum atomic E-state index is -0.143. The molecule has 0 saturated carbocycles. The molecule has 1 saturated heterocycles. The Balaban J connectivity index is 1.36. The quantitative estimate of drug-likeness (QED) is 0.423. The molecule has 5 heteroatoms. The van der Waals surface area contributed by atoms with Gasteiger partial charge in [0, 0.05) is 12.7 Å². The van der Waals surface area contributed by atoms with Crippen molar-refractivity contribution in [3.63, 3.8) is 0 Å². The fraction of sp³-hybridized carbons (Fsp3) is 0.538. The normalized spacial score (nSPS) is 16.9. The van der Waals surface area contributed by atoms with Crippen molar-refractivity contribution in [2.45, 2.75) is 83.7 Å². The van der Waals surface area contributed by atoms with Crippen LogP contribution in [0, 0.1) is 0 Å². The van der Waals surface area contributed by atoms with Gasteiger partial charge in [-0.25, -0.2) is 0 Å². The summed E-state index contributed by atoms with van der Waals surface area (Å²) in [4.78, 5) is 0. The molecule has 3 rings (SSSR count). The van der Waals surface area contributed by atoms with Gasteiger partial charge in [-0.3, -0.25) is 0 Å². The molecule has 2 aromatic carbocycles. The van der Waals surface area contributed by atoms with E-state index in [1.54, 1.807) is 12.1 Å². The molecular formula is C26H36O5. The van der Waals surface area contributed by atoms with E-state index in [0.717, 1.165) is 62.9 Å². The van der Waals surface area contributed by atoms with Crippen LogP contribution in [-0.2, 0) is 22.5 Å². The molecule has 31 heavy (non-hydrogen) atoms. The first-order valence-corrected chi connectivity index (χ1v) is 11.4. The smallest absolute Gasteiger partial charge is 0.158 e. The van der Waals surface area contributed by atoms with E-state index in [4.69, 9.17) is 14.2 Å². The molecule has 0 bridgehead atoms. The summed E-state index contributed by atoms with van der Waals surface area (Å²) in [5.74, 6) is 0.863. The monoisotopic (exact) mass is 428 g/mol. The minimum absolute atomic E-state index is 0.0321. The number of hydrogen-bond acceptors (Lipinski definition) is 5. The lowest BCUT2D eigenvalue weighted by Gasteiger charge is -2.32. The molecule has 170 valence electrons. The van der Waals surface area contributed by atoms with Crippen molar-refractivity contribution in [3.05, 3.63) is 53.6 Å². The number of benzene rings is 2. The Morgan fingerprint density at radius 2 is 1.77 bits per heavy atom. The summed E-state index contributed by atoms with van der Waals surface area (Å²) in [7, 11) is 0. The zero-order valence-electron chi connectivity index (χ0n) is 18.8. The highest BCUT2D eigenvalue weighted by Crippen LogP contribution is 2.26. The van der Waals surface area contributed by atoms with Crippen molar-refractivity contribution in [2.24, 2.45) is 0 Å². The predicted octanol–water partition coefficient (Wildman–Crippen LogP) is 6.10. The summed E-state index contributed by atoms with van der Waals surface area (Å²) in [5.41, 5.74) is 1.84. The van der Waals surface area contributed by atoms with E-state index in [-0.39, 0.29) is 23.4 Å². The summed E-state index contributed by atoms with van der Waals surface area (Å²) in [6.07, 6.45) is 8.78. The minimum Gasteiger partial charge on any atom is -0.508 e. The molecule has 2 aromatic rings. The lowest BCUT2D eigenvalue weighted by Crippen LogP contribution is -2.34. The fourth-order valence-corrected chi connectivity index (χ4v) is 3.97. The molecule has 1 heterocycles. The van der Waals surface area contributed by atoms with Crippen molar-refractivity contribution >= 4 is 0 Å². The highest BCUT2D eigenvalue weighted by molar-refractivity contribution is 5.37. The highest BCUT2D eigenvalue weighted by Gasteiger charge is 2.25. The van der Waals surface area contributed by atoms with Crippen molar-refractivity contribution in [1.29, 1.82) is 0 Å². The second kappa shape index (κ2) is 11.4. The Morgan fingerprint density at radius 3 is 2.52 bits per heavy atom. The van der Waals surface area contributed by atoms with E-state index in [9.17, 15) is 10.2 Å². The van der Waals surface area contributed by atoms with Crippen LogP contribution in [0.25, 0.3) is 0 Å². The number of aromatic hydroxyl groups is 2. The Morgan fingerprint density at radius 1 is 0.968 bits per heavy atom. The first kappa shape index (κ1) is 23.4. The van der Waals surface area contributed by atoms with Crippen LogP contribution in [0.15, 0.2) is 42.5 Å². The molecule has 0 amide bonds. The third-order valence-electron chi connectivity index (χ3n) is 5.60. The van der Waals surface area contributed by atoms with Gasteiger partial charge in [-0.2, -0.15) is 0 Å². The molecule has 1 fully saturated rings. The van der Waals surface area contributed by atoms with E-state index in [1.807, 2.05) is 12.1 Å². The average Bonchev–Trinajstić information content (AvgIpc) is 2.72. The zero-order chi connectivity index (χ0) is 22.1. The lowest BCUT2D eigenvalue weighted by atomic mass is 9.98. The van der Waals surface area contributed by atoms with Gasteiger partial charge in [-0.15, -0.1) is 0 Å². The molecule has 2 N–H and O–H groups in total. The van der Waals surface area contributed by atoms with E-state index < -0.39 is 0 Å². The topological polar surface area (TPSA) is 68.2 Å². The summed E-state index contributed by atoms with van der Waals surface area (Å²) in [5, 5.41) is 19.2. The third-order valence-corrected chi connectivity index (χ3v) is 5.60. The van der Waals surface area contributed by atoms with Gasteiger partial charge in [0.1, 0.15) is 23.9 Å². The van der Waals surface area contributed by atoms with Gasteiger partial charge in [0.05, 0.1) is 5.60 Å². The molecule has 1 atom stereocenters. The number of hydrogen-bond donors (Lipinski definition) is 2. The van der Waals surface area contributed by atoms with Gasteiger partial charge in [0.15, 0.2) is 6.29 Å². The van der Waals surface area contributed by atoms with Crippen LogP contribution in [0.1, 0.15) is 69.9 Å². The lowest BCUT2D eigenvalue weighted by molar-refractivity contribution is -0.217. The highest BCUT2D eigenvalue weighted by atomic mass is 16.7. The molecule has 0 spiro atoms. The third kappa shape index (κ3) is 8.42. The fourth-order valence-electron chi connectivity index (χ4n) is 3.97. The Bertz CT molecular complexity index is 791. The van der Waals surface area contributed by atoms with E-state index in [1.165, 1.54) is 18.1 Å². The van der Waals surface area contributed by atoms with Crippen molar-refractivity contribution in [2.75, 3.05) is 6.61 Å². The standard InChI is InChI=1S/C26H36O5/c1-26(2,31-25-12-5-7-14-29-25)13-6-3-4-9-20-10-8-11-24(17-20)30-19-21-15-22(27)18-23(28)16-21/h8,10-11,15-18,25,27-28H,3-7,9,12-14,19H2,1-2H3. The van der Waals surface area contributed by atoms with E-state index in [2.05, 4.69) is 26.0 Å². The molecule has 1 aliphatic heterocycles. The summed E-state index contributed by atoms with van der Waals surface area (Å²) in [6, 6.07) is 12.6. The SMILES string of the molecule is CC(C)(CCCCCc1cccc(OCc2cc(O)cc(O)c2)c1)OC1CCCCO1. The average molecular weight is 429 g/mol. The van der Waals surface area contributed by atoms with Gasteiger partial charge in [-0.05, 0) is 87.8 Å². The van der Waals surface area contributed by atoms with Gasteiger partial charge in [0.2, 0.25) is 0 Å². The molecule has 0 aromatic heterocycles. The Labute approximate surface area is 186 Å². The molecule has 5 nitrogen and oxygen atoms in total. The van der Waals surface area contributed by atoms with Crippen LogP contribution in [0.3, 0.4) is 0 Å². The van der Waals surface area contributed by atoms with Crippen LogP contribution < -0.4 is 4.74 Å². The van der Waals surface area contributed by atoms with Crippen LogP contribution in [0.4, 0.5) is 0 Å². The largest absolute Gasteiger partial charge is 0.508 e. The number of rotatable bonds is 11. The van der Waals surface area contributed by atoms with Crippen LogP contribution in [-0.4, -0.2) is 28.7 Å². The maximum absolute atomic E-state index is 9.58. The number of ether oxygens (including phenoxy) is 3. The second-order valence-electron chi connectivity index (χ2n) is 9.03. The molecule has 0 aliphatic carbocycles. The van der Waals surface area contributed by atoms with Gasteiger partial charge in [0.25, 0.3) is 0 Å². The predicted molar refractivity (Wildman–Crippen MR) is 121 cm³/mol. The summed E-state index contributed by atoms with van der Waals surface area (Å²) < 4.78 is 17.7. The van der Waals surface area contributed by atoms with Gasteiger partial charge < -0.3 is 24.4 Å². The zero-order valence-corrected chi connectivity index (χ0v) is 18.8. The van der Waals surface area contributed by atoms with Crippen molar-refractivity contribution in [1.82, 2.24) is 0 Å². The molecular weight excluding hydrogens is 392 g/mol. The summed E-state index contributed by atoms with van der Waals surface area (Å²) in [6.45, 7) is 5.45. The van der Waals surface area contributed by atoms with Gasteiger partial charge >= 0.3 is 0 Å². The van der Waals surface area contributed by atoms with Crippen LogP contribution >= 0.6 is 0 Å². The molecule has 0 radical (unpaired) electrons. The number of aryl methyl sites for hydroxylation is 1. The Hall–Kier alpha value is -2.24. The number of unbranched alkanes of at least 4 members (excludes halogenated alkanes) is 2. The molecule has 1 unspecified atom stereocenters. The van der Waals surface area contributed by atoms with E-state index in [0.29, 0.717) is 6.61 Å². The van der Waals surface area contributed by atoms with Crippen LogP contribution in [0.2, 0.25) is 0 Å². The van der Waals surface area contributed by atoms with E-state index >= 15 is 0 Å². The summed E-state index contributed by atoms with van der Waals surface area (Å²) >= 11 is 0.